The van der Waals surface area contributed by atoms with Crippen molar-refractivity contribution in [3.63, 3.8) is 0 Å². The molecule has 0 aromatic carbocycles. The maximum atomic E-state index is 11.9. The Kier molecular flexibility index (Phi) is 6.08. The molecule has 1 saturated heterocycles. The molecule has 0 aliphatic carbocycles. The smallest absolute Gasteiger partial charge is 0.326 e. The summed E-state index contributed by atoms with van der Waals surface area (Å²) in [6.45, 7) is 4.56. The molecule has 0 aromatic rings. The quantitative estimate of drug-likeness (QED) is 0.777. The molecule has 6 heteroatoms. The lowest BCUT2D eigenvalue weighted by molar-refractivity contribution is -0.139. The highest BCUT2D eigenvalue weighted by molar-refractivity contribution is 5.82. The van der Waals surface area contributed by atoms with Crippen LogP contribution in [0, 0.1) is 5.92 Å². The normalized spacial score (nSPS) is 18.9. The number of likely N-dealkylation sites (tertiary alicyclic amines) is 1. The predicted molar refractivity (Wildman–Crippen MR) is 73.1 cm³/mol. The minimum Gasteiger partial charge on any atom is -0.480 e. The number of carbonyl (C=O) groups is 2. The van der Waals surface area contributed by atoms with E-state index in [0.29, 0.717) is 18.9 Å². The van der Waals surface area contributed by atoms with E-state index in [2.05, 4.69) is 17.3 Å². The molecule has 1 atom stereocenters. The van der Waals surface area contributed by atoms with Crippen LogP contribution >= 0.6 is 0 Å². The molecule has 0 unspecified atom stereocenters. The molecular weight excluding hydrogens is 246 g/mol. The fourth-order valence-electron chi connectivity index (χ4n) is 2.31. The van der Waals surface area contributed by atoms with Crippen LogP contribution in [0.5, 0.6) is 0 Å². The molecule has 2 N–H and O–H groups in total. The number of urea groups is 1. The number of hydrogen-bond donors (Lipinski definition) is 2. The Morgan fingerprint density at radius 3 is 2.47 bits per heavy atom. The van der Waals surface area contributed by atoms with Gasteiger partial charge < -0.3 is 20.2 Å². The van der Waals surface area contributed by atoms with E-state index in [-0.39, 0.29) is 6.03 Å². The van der Waals surface area contributed by atoms with E-state index >= 15 is 0 Å². The van der Waals surface area contributed by atoms with Gasteiger partial charge in [0.2, 0.25) is 0 Å². The molecule has 0 bridgehead atoms. The fraction of sp³-hybridized carbons (Fsp3) is 0.846. The van der Waals surface area contributed by atoms with Crippen LogP contribution < -0.4 is 5.32 Å². The van der Waals surface area contributed by atoms with Crippen molar-refractivity contribution >= 4 is 12.0 Å². The molecule has 2 amide bonds. The van der Waals surface area contributed by atoms with E-state index < -0.39 is 12.0 Å². The number of carboxylic acids is 1. The summed E-state index contributed by atoms with van der Waals surface area (Å²) in [4.78, 5) is 26.7. The summed E-state index contributed by atoms with van der Waals surface area (Å²) in [7, 11) is 3.83. The van der Waals surface area contributed by atoms with Crippen molar-refractivity contribution in [2.45, 2.75) is 32.2 Å². The molecule has 0 spiro atoms. The third kappa shape index (κ3) is 5.06. The van der Waals surface area contributed by atoms with Gasteiger partial charge in [0, 0.05) is 13.6 Å². The summed E-state index contributed by atoms with van der Waals surface area (Å²) in [5.74, 6) is -0.472. The predicted octanol–water partition coefficient (Wildman–Crippen LogP) is 0.833. The first-order valence-corrected chi connectivity index (χ1v) is 6.87. The molecule has 1 aliphatic rings. The maximum Gasteiger partial charge on any atom is 0.326 e. The van der Waals surface area contributed by atoms with Crippen molar-refractivity contribution in [1.82, 2.24) is 15.1 Å². The van der Waals surface area contributed by atoms with Crippen molar-refractivity contribution < 1.29 is 14.7 Å². The van der Waals surface area contributed by atoms with Crippen molar-refractivity contribution in [3.8, 4) is 0 Å². The summed E-state index contributed by atoms with van der Waals surface area (Å²) in [6, 6.07) is -1.10. The van der Waals surface area contributed by atoms with Crippen LogP contribution in [0.1, 0.15) is 26.2 Å². The highest BCUT2D eigenvalue weighted by Gasteiger charge is 2.23. The third-order valence-electron chi connectivity index (χ3n) is 3.72. The number of rotatable bonds is 5. The summed E-state index contributed by atoms with van der Waals surface area (Å²) in [5.41, 5.74) is 0. The molecule has 1 rings (SSSR count). The zero-order valence-electron chi connectivity index (χ0n) is 12.1. The van der Waals surface area contributed by atoms with E-state index in [1.54, 1.807) is 18.9 Å². The first-order valence-electron chi connectivity index (χ1n) is 6.87. The summed E-state index contributed by atoms with van der Waals surface area (Å²) >= 11 is 0. The molecular formula is C13H25N3O3. The van der Waals surface area contributed by atoms with E-state index in [9.17, 15) is 9.59 Å². The van der Waals surface area contributed by atoms with Gasteiger partial charge in [0.1, 0.15) is 6.04 Å². The number of aliphatic carboxylic acids is 1. The Balaban J connectivity index is 2.38. The Hall–Kier alpha value is -1.30. The fourth-order valence-corrected chi connectivity index (χ4v) is 2.31. The van der Waals surface area contributed by atoms with Gasteiger partial charge in [-0.05, 0) is 45.3 Å². The average Bonchev–Trinajstić information content (AvgIpc) is 2.37. The molecule has 6 nitrogen and oxygen atoms in total. The van der Waals surface area contributed by atoms with E-state index in [0.717, 1.165) is 25.9 Å². The number of carbonyl (C=O) groups excluding carboxylic acids is 1. The second kappa shape index (κ2) is 7.33. The number of piperidine rings is 1. The Morgan fingerprint density at radius 2 is 2.00 bits per heavy atom. The van der Waals surface area contributed by atoms with Crippen LogP contribution in [-0.4, -0.2) is 66.7 Å². The molecule has 1 aliphatic heterocycles. The number of carboxylic acid groups (broad SMARTS) is 1. The first kappa shape index (κ1) is 15.8. The van der Waals surface area contributed by atoms with Gasteiger partial charge in [-0.3, -0.25) is 0 Å². The van der Waals surface area contributed by atoms with Gasteiger partial charge in [-0.1, -0.05) is 6.92 Å². The van der Waals surface area contributed by atoms with Gasteiger partial charge in [0.15, 0.2) is 0 Å². The molecule has 19 heavy (non-hydrogen) atoms. The Labute approximate surface area is 114 Å². The van der Waals surface area contributed by atoms with Crippen molar-refractivity contribution in [2.75, 3.05) is 33.7 Å². The second-order valence-electron chi connectivity index (χ2n) is 5.38. The van der Waals surface area contributed by atoms with E-state index in [1.165, 1.54) is 0 Å². The topological polar surface area (TPSA) is 72.9 Å². The average molecular weight is 271 g/mol. The summed E-state index contributed by atoms with van der Waals surface area (Å²) in [5, 5.41) is 11.5. The molecule has 1 heterocycles. The first-order chi connectivity index (χ1) is 8.93. The summed E-state index contributed by atoms with van der Waals surface area (Å²) in [6.07, 6.45) is 2.57. The van der Waals surface area contributed by atoms with Gasteiger partial charge in [0.25, 0.3) is 0 Å². The van der Waals surface area contributed by atoms with E-state index in [4.69, 9.17) is 5.11 Å². The van der Waals surface area contributed by atoms with Gasteiger partial charge in [-0.25, -0.2) is 9.59 Å². The molecule has 0 aromatic heterocycles. The minimum atomic E-state index is -0.983. The third-order valence-corrected chi connectivity index (χ3v) is 3.72. The van der Waals surface area contributed by atoms with Gasteiger partial charge in [-0.15, -0.1) is 0 Å². The molecule has 0 radical (unpaired) electrons. The Morgan fingerprint density at radius 1 is 1.42 bits per heavy atom. The zero-order chi connectivity index (χ0) is 14.4. The lowest BCUT2D eigenvalue weighted by atomic mass is 9.97. The monoisotopic (exact) mass is 271 g/mol. The molecule has 1 fully saturated rings. The van der Waals surface area contributed by atoms with Crippen LogP contribution in [0.15, 0.2) is 0 Å². The van der Waals surface area contributed by atoms with Gasteiger partial charge >= 0.3 is 12.0 Å². The lowest BCUT2D eigenvalue weighted by Gasteiger charge is -2.32. The zero-order valence-corrected chi connectivity index (χ0v) is 12.1. The number of amides is 2. The highest BCUT2D eigenvalue weighted by atomic mass is 16.4. The second-order valence-corrected chi connectivity index (χ2v) is 5.38. The van der Waals surface area contributed by atoms with E-state index in [1.807, 2.05) is 0 Å². The number of hydrogen-bond acceptors (Lipinski definition) is 3. The van der Waals surface area contributed by atoms with Crippen molar-refractivity contribution in [3.05, 3.63) is 0 Å². The minimum absolute atomic E-state index is 0.298. The van der Waals surface area contributed by atoms with Gasteiger partial charge in [0.05, 0.1) is 0 Å². The van der Waals surface area contributed by atoms with Crippen LogP contribution in [0.25, 0.3) is 0 Å². The largest absolute Gasteiger partial charge is 0.480 e. The van der Waals surface area contributed by atoms with Crippen LogP contribution in [0.2, 0.25) is 0 Å². The van der Waals surface area contributed by atoms with Crippen molar-refractivity contribution in [1.29, 1.82) is 0 Å². The SMILES string of the molecule is CC[C@H](NC(=O)N(C)CC1CCN(C)CC1)C(=O)O. The van der Waals surface area contributed by atoms with Gasteiger partial charge in [-0.2, -0.15) is 0 Å². The lowest BCUT2D eigenvalue weighted by Crippen LogP contribution is -2.48. The number of nitrogens with one attached hydrogen (secondary N) is 1. The van der Waals surface area contributed by atoms with Crippen LogP contribution in [-0.2, 0) is 4.79 Å². The van der Waals surface area contributed by atoms with Crippen LogP contribution in [0.4, 0.5) is 4.79 Å². The summed E-state index contributed by atoms with van der Waals surface area (Å²) < 4.78 is 0. The standard InChI is InChI=1S/C13H25N3O3/c1-4-11(12(17)18)14-13(19)16(3)9-10-5-7-15(2)8-6-10/h10-11H,4-9H2,1-3H3,(H,14,19)(H,17,18)/t11-/m0/s1. The Bertz CT molecular complexity index is 314. The highest BCUT2D eigenvalue weighted by Crippen LogP contribution is 2.16. The maximum absolute atomic E-state index is 11.9. The number of nitrogens with zero attached hydrogens (tertiary/aromatic N) is 2. The molecule has 110 valence electrons. The van der Waals surface area contributed by atoms with Crippen molar-refractivity contribution in [2.24, 2.45) is 5.92 Å². The molecule has 0 saturated carbocycles. The van der Waals surface area contributed by atoms with Crippen LogP contribution in [0.3, 0.4) is 0 Å².